The van der Waals surface area contributed by atoms with E-state index in [-0.39, 0.29) is 5.91 Å². The molecule has 2 aliphatic rings. The largest absolute Gasteiger partial charge is 0.343 e. The lowest BCUT2D eigenvalue weighted by Crippen LogP contribution is -2.37. The second-order valence-electron chi connectivity index (χ2n) is 9.33. The number of rotatable bonds is 6. The number of hydrogen-bond acceptors (Lipinski definition) is 5. The van der Waals surface area contributed by atoms with Crippen molar-refractivity contribution in [3.63, 3.8) is 0 Å². The van der Waals surface area contributed by atoms with Crippen LogP contribution in [0.25, 0.3) is 0 Å². The van der Waals surface area contributed by atoms with Gasteiger partial charge in [-0.25, -0.2) is 4.98 Å². The van der Waals surface area contributed by atoms with E-state index in [1.54, 1.807) is 16.2 Å². The monoisotopic (exact) mass is 429 g/mol. The van der Waals surface area contributed by atoms with Crippen molar-refractivity contribution in [2.75, 3.05) is 21.1 Å². The van der Waals surface area contributed by atoms with Crippen molar-refractivity contribution >= 4 is 17.2 Å². The first-order chi connectivity index (χ1) is 14.4. The molecule has 4 rings (SSSR count). The highest BCUT2D eigenvalue weighted by atomic mass is 32.1. The van der Waals surface area contributed by atoms with E-state index >= 15 is 0 Å². The Bertz CT molecular complexity index is 880. The van der Waals surface area contributed by atoms with E-state index in [9.17, 15) is 4.79 Å². The number of fused-ring (bicyclic) bond motifs is 1. The minimum Gasteiger partial charge on any atom is -0.343 e. The van der Waals surface area contributed by atoms with Crippen LogP contribution in [0.2, 0.25) is 0 Å². The first-order valence-electron chi connectivity index (χ1n) is 11.3. The van der Waals surface area contributed by atoms with E-state index in [1.165, 1.54) is 43.4 Å². The Balaban J connectivity index is 1.55. The van der Waals surface area contributed by atoms with Gasteiger partial charge in [0.05, 0.1) is 10.7 Å². The summed E-state index contributed by atoms with van der Waals surface area (Å²) in [7, 11) is 5.84. The Hall–Kier alpha value is -1.73. The number of hydrogen-bond donors (Lipinski definition) is 0. The van der Waals surface area contributed by atoms with Gasteiger partial charge in [-0.3, -0.25) is 14.4 Å². The summed E-state index contributed by atoms with van der Waals surface area (Å²) in [5.74, 6) is 0.741. The number of nitrogens with zero attached hydrogens (tertiary/aromatic N) is 5. The SMILES string of the molecule is Cc1nc(CN(C)C2CCc3c(c(C(=O)N(C)C)nn3CC3CCCCC3)C2)cs1. The molecule has 6 nitrogen and oxygen atoms in total. The smallest absolute Gasteiger partial charge is 0.274 e. The third-order valence-electron chi connectivity index (χ3n) is 6.79. The highest BCUT2D eigenvalue weighted by Crippen LogP contribution is 2.31. The molecule has 0 saturated heterocycles. The van der Waals surface area contributed by atoms with Gasteiger partial charge in [0, 0.05) is 49.9 Å². The second-order valence-corrected chi connectivity index (χ2v) is 10.4. The molecule has 0 aliphatic heterocycles. The molecular formula is C23H35N5OS. The Morgan fingerprint density at radius 2 is 1.97 bits per heavy atom. The number of likely N-dealkylation sites (N-methyl/N-ethyl adjacent to an activating group) is 1. The standard InChI is InChI=1S/C23H35N5OS/c1-16-24-18(15-30-16)14-27(4)19-10-11-21-20(12-19)22(23(29)26(2)3)25-28(21)13-17-8-6-5-7-9-17/h15,17,19H,5-14H2,1-4H3. The molecule has 2 aromatic rings. The van der Waals surface area contributed by atoms with Crippen LogP contribution in [0.5, 0.6) is 0 Å². The number of aromatic nitrogens is 3. The van der Waals surface area contributed by atoms with Crippen LogP contribution in [-0.4, -0.2) is 57.7 Å². The fourth-order valence-electron chi connectivity index (χ4n) is 5.06. The zero-order valence-electron chi connectivity index (χ0n) is 18.9. The highest BCUT2D eigenvalue weighted by molar-refractivity contribution is 7.09. The predicted octanol–water partition coefficient (Wildman–Crippen LogP) is 3.92. The van der Waals surface area contributed by atoms with Crippen LogP contribution in [-0.2, 0) is 25.9 Å². The lowest BCUT2D eigenvalue weighted by atomic mass is 9.88. The summed E-state index contributed by atoms with van der Waals surface area (Å²) in [6.45, 7) is 3.89. The average Bonchev–Trinajstić information content (AvgIpc) is 3.31. The molecule has 1 unspecified atom stereocenters. The zero-order valence-corrected chi connectivity index (χ0v) is 19.7. The molecule has 0 bridgehead atoms. The maximum atomic E-state index is 12.9. The van der Waals surface area contributed by atoms with E-state index in [0.29, 0.717) is 17.7 Å². The molecular weight excluding hydrogens is 394 g/mol. The number of aryl methyl sites for hydroxylation is 1. The first kappa shape index (κ1) is 21.5. The van der Waals surface area contributed by atoms with Gasteiger partial charge in [-0.2, -0.15) is 5.10 Å². The number of carbonyl (C=O) groups is 1. The van der Waals surface area contributed by atoms with E-state index in [2.05, 4.69) is 33.9 Å². The van der Waals surface area contributed by atoms with Crippen LogP contribution in [0.3, 0.4) is 0 Å². The molecule has 1 atom stereocenters. The van der Waals surface area contributed by atoms with Gasteiger partial charge in [0.15, 0.2) is 5.69 Å². The first-order valence-corrected chi connectivity index (χ1v) is 12.2. The van der Waals surface area contributed by atoms with Crippen LogP contribution < -0.4 is 0 Å². The molecule has 30 heavy (non-hydrogen) atoms. The molecule has 2 aliphatic carbocycles. The number of carbonyl (C=O) groups excluding carboxylic acids is 1. The summed E-state index contributed by atoms with van der Waals surface area (Å²) in [5.41, 5.74) is 4.30. The van der Waals surface area contributed by atoms with Gasteiger partial charge in [0.2, 0.25) is 0 Å². The normalized spacial score (nSPS) is 19.8. The Morgan fingerprint density at radius 3 is 2.63 bits per heavy atom. The molecule has 0 spiro atoms. The Labute approximate surface area is 184 Å². The molecule has 1 fully saturated rings. The van der Waals surface area contributed by atoms with E-state index < -0.39 is 0 Å². The molecule has 0 N–H and O–H groups in total. The van der Waals surface area contributed by atoms with Crippen LogP contribution in [0.1, 0.15) is 71.0 Å². The minimum absolute atomic E-state index is 0.0343. The fraction of sp³-hybridized carbons (Fsp3) is 0.696. The van der Waals surface area contributed by atoms with Gasteiger partial charge in [0.25, 0.3) is 5.91 Å². The second kappa shape index (κ2) is 9.18. The van der Waals surface area contributed by atoms with Gasteiger partial charge in [-0.05, 0) is 52.0 Å². The fourth-order valence-corrected chi connectivity index (χ4v) is 5.66. The Kier molecular flexibility index (Phi) is 6.58. The summed E-state index contributed by atoms with van der Waals surface area (Å²) in [6.07, 6.45) is 9.63. The summed E-state index contributed by atoms with van der Waals surface area (Å²) in [6, 6.07) is 0.417. The highest BCUT2D eigenvalue weighted by Gasteiger charge is 2.32. The van der Waals surface area contributed by atoms with Crippen molar-refractivity contribution in [1.82, 2.24) is 24.6 Å². The number of amides is 1. The summed E-state index contributed by atoms with van der Waals surface area (Å²) in [4.78, 5) is 21.6. The number of thiazole rings is 1. The van der Waals surface area contributed by atoms with Crippen molar-refractivity contribution in [3.8, 4) is 0 Å². The minimum atomic E-state index is 0.0343. The summed E-state index contributed by atoms with van der Waals surface area (Å²) >= 11 is 1.71. The average molecular weight is 430 g/mol. The molecule has 0 aromatic carbocycles. The van der Waals surface area contributed by atoms with Gasteiger partial charge in [-0.15, -0.1) is 11.3 Å². The Morgan fingerprint density at radius 1 is 1.20 bits per heavy atom. The maximum absolute atomic E-state index is 12.9. The van der Waals surface area contributed by atoms with E-state index in [0.717, 1.165) is 43.1 Å². The van der Waals surface area contributed by atoms with Crippen LogP contribution in [0.4, 0.5) is 0 Å². The van der Waals surface area contributed by atoms with Crippen molar-refractivity contribution < 1.29 is 4.79 Å². The molecule has 0 radical (unpaired) electrons. The molecule has 7 heteroatoms. The van der Waals surface area contributed by atoms with E-state index in [4.69, 9.17) is 5.10 Å². The topological polar surface area (TPSA) is 54.3 Å². The maximum Gasteiger partial charge on any atom is 0.274 e. The van der Waals surface area contributed by atoms with Crippen molar-refractivity contribution in [2.24, 2.45) is 5.92 Å². The van der Waals surface area contributed by atoms with Crippen molar-refractivity contribution in [1.29, 1.82) is 0 Å². The van der Waals surface area contributed by atoms with Crippen LogP contribution in [0, 0.1) is 12.8 Å². The van der Waals surface area contributed by atoms with E-state index in [1.807, 2.05) is 14.1 Å². The van der Waals surface area contributed by atoms with Crippen LogP contribution >= 0.6 is 11.3 Å². The van der Waals surface area contributed by atoms with Gasteiger partial charge >= 0.3 is 0 Å². The quantitative estimate of drug-likeness (QED) is 0.698. The predicted molar refractivity (Wildman–Crippen MR) is 121 cm³/mol. The summed E-state index contributed by atoms with van der Waals surface area (Å²) in [5, 5.41) is 8.16. The molecule has 164 valence electrons. The lowest BCUT2D eigenvalue weighted by Gasteiger charge is -2.31. The molecule has 2 heterocycles. The molecule has 1 amide bonds. The third-order valence-corrected chi connectivity index (χ3v) is 7.61. The van der Waals surface area contributed by atoms with Crippen molar-refractivity contribution in [2.45, 2.75) is 77.4 Å². The third kappa shape index (κ3) is 4.62. The van der Waals surface area contributed by atoms with Gasteiger partial charge in [0.1, 0.15) is 0 Å². The van der Waals surface area contributed by atoms with Gasteiger partial charge < -0.3 is 4.90 Å². The lowest BCUT2D eigenvalue weighted by molar-refractivity contribution is 0.0819. The van der Waals surface area contributed by atoms with Crippen LogP contribution in [0.15, 0.2) is 5.38 Å². The molecule has 2 aromatic heterocycles. The van der Waals surface area contributed by atoms with Gasteiger partial charge in [-0.1, -0.05) is 19.3 Å². The zero-order chi connectivity index (χ0) is 21.3. The van der Waals surface area contributed by atoms with Crippen molar-refractivity contribution in [3.05, 3.63) is 33.0 Å². The molecule has 1 saturated carbocycles. The summed E-state index contributed by atoms with van der Waals surface area (Å²) < 4.78 is 2.20.